The highest BCUT2D eigenvalue weighted by molar-refractivity contribution is 6.38. The summed E-state index contributed by atoms with van der Waals surface area (Å²) in [6.45, 7) is 3.03. The van der Waals surface area contributed by atoms with Crippen molar-refractivity contribution in [3.63, 3.8) is 0 Å². The van der Waals surface area contributed by atoms with E-state index in [2.05, 4.69) is 10.8 Å². The number of carbonyl (C=O) groups is 1. The monoisotopic (exact) mass is 403 g/mol. The van der Waals surface area contributed by atoms with Gasteiger partial charge in [-0.05, 0) is 18.9 Å². The summed E-state index contributed by atoms with van der Waals surface area (Å²) in [5.74, 6) is 0.660. The van der Waals surface area contributed by atoms with Crippen LogP contribution in [-0.4, -0.2) is 53.3 Å². The number of hydrogen-bond donors (Lipinski definition) is 1. The molecule has 0 spiro atoms. The van der Waals surface area contributed by atoms with Gasteiger partial charge in [0.25, 0.3) is 0 Å². The number of carboxylic acids is 1. The molecule has 0 radical (unpaired) electrons. The number of halogens is 2. The first-order valence-electron chi connectivity index (χ1n) is 9.13. The Kier molecular flexibility index (Phi) is 4.77. The van der Waals surface area contributed by atoms with Crippen LogP contribution in [0.5, 0.6) is 0 Å². The molecule has 28 heavy (non-hydrogen) atoms. The van der Waals surface area contributed by atoms with Crippen molar-refractivity contribution in [2.75, 3.05) is 37.6 Å². The van der Waals surface area contributed by atoms with Crippen molar-refractivity contribution >= 4 is 34.2 Å². The maximum atomic E-state index is 15.0. The van der Waals surface area contributed by atoms with Crippen LogP contribution in [0.15, 0.2) is 17.1 Å². The largest absolute Gasteiger partial charge is 0.477 e. The zero-order chi connectivity index (χ0) is 20.0. The average molecular weight is 404 g/mol. The van der Waals surface area contributed by atoms with Crippen LogP contribution in [0.4, 0.5) is 10.1 Å². The van der Waals surface area contributed by atoms with Crippen LogP contribution < -0.4 is 10.3 Å². The lowest BCUT2D eigenvalue weighted by Gasteiger charge is -2.36. The average Bonchev–Trinajstić information content (AvgIpc) is 3.49. The fraction of sp³-hybridized carbons (Fsp3) is 0.400. The molecule has 8 heteroatoms. The lowest BCUT2D eigenvalue weighted by molar-refractivity contribution is 0.0695. The molecule has 6 nitrogen and oxygen atoms in total. The van der Waals surface area contributed by atoms with E-state index in [-0.39, 0.29) is 27.7 Å². The third-order valence-corrected chi connectivity index (χ3v) is 5.72. The van der Waals surface area contributed by atoms with Crippen molar-refractivity contribution in [3.8, 4) is 12.3 Å². The van der Waals surface area contributed by atoms with E-state index in [0.717, 1.165) is 18.9 Å². The summed E-state index contributed by atoms with van der Waals surface area (Å²) in [5, 5.41) is 9.51. The molecule has 0 bridgehead atoms. The molecule has 1 saturated heterocycles. The smallest absolute Gasteiger partial charge is 0.341 e. The Bertz CT molecular complexity index is 1060. The molecule has 1 aromatic carbocycles. The van der Waals surface area contributed by atoms with Crippen LogP contribution >= 0.6 is 11.6 Å². The topological polar surface area (TPSA) is 65.8 Å². The van der Waals surface area contributed by atoms with E-state index in [0.29, 0.717) is 38.2 Å². The van der Waals surface area contributed by atoms with Gasteiger partial charge < -0.3 is 14.6 Å². The van der Waals surface area contributed by atoms with E-state index in [4.69, 9.17) is 18.0 Å². The molecular weight excluding hydrogens is 385 g/mol. The maximum absolute atomic E-state index is 15.0. The standard InChI is InChI=1S/C20H19ClFN3O3/c1-2-5-23-6-8-24(9-7-23)18-15(22)10-13-17(16(18)21)25(12-3-4-12)11-14(19(13)26)20(27)28/h1,10-12H,3-9H2,(H,27,28). The van der Waals surface area contributed by atoms with Gasteiger partial charge in [-0.15, -0.1) is 6.42 Å². The Balaban J connectivity index is 1.85. The summed E-state index contributed by atoms with van der Waals surface area (Å²) in [5.41, 5.74) is -0.427. The summed E-state index contributed by atoms with van der Waals surface area (Å²) < 4.78 is 16.7. The molecule has 4 rings (SSSR count). The van der Waals surface area contributed by atoms with Crippen molar-refractivity contribution in [2.45, 2.75) is 18.9 Å². The molecule has 2 aromatic rings. The predicted molar refractivity (Wildman–Crippen MR) is 106 cm³/mol. The first kappa shape index (κ1) is 18.8. The molecule has 0 atom stereocenters. The molecule has 1 aromatic heterocycles. The molecule has 0 unspecified atom stereocenters. The zero-order valence-corrected chi connectivity index (χ0v) is 15.9. The molecular formula is C20H19ClFN3O3. The first-order chi connectivity index (χ1) is 13.4. The first-order valence-corrected chi connectivity index (χ1v) is 9.51. The Hall–Kier alpha value is -2.56. The number of rotatable bonds is 4. The van der Waals surface area contributed by atoms with E-state index in [1.165, 1.54) is 6.20 Å². The Morgan fingerprint density at radius 1 is 1.32 bits per heavy atom. The highest BCUT2D eigenvalue weighted by Crippen LogP contribution is 2.42. The van der Waals surface area contributed by atoms with Crippen LogP contribution in [0.25, 0.3) is 10.9 Å². The number of fused-ring (bicyclic) bond motifs is 1. The van der Waals surface area contributed by atoms with Crippen LogP contribution in [0.3, 0.4) is 0 Å². The van der Waals surface area contributed by atoms with Gasteiger partial charge in [0.05, 0.1) is 28.2 Å². The second-order valence-corrected chi connectivity index (χ2v) is 7.58. The van der Waals surface area contributed by atoms with Crippen LogP contribution in [0.1, 0.15) is 29.2 Å². The number of piperazine rings is 1. The third kappa shape index (κ3) is 3.13. The maximum Gasteiger partial charge on any atom is 0.341 e. The van der Waals surface area contributed by atoms with E-state index < -0.39 is 17.2 Å². The number of nitrogens with zero attached hydrogens (tertiary/aromatic N) is 3. The second-order valence-electron chi connectivity index (χ2n) is 7.20. The molecule has 1 aliphatic carbocycles. The van der Waals surface area contributed by atoms with E-state index in [1.807, 2.05) is 4.90 Å². The fourth-order valence-electron chi connectivity index (χ4n) is 3.77. The van der Waals surface area contributed by atoms with Crippen molar-refractivity contribution in [1.29, 1.82) is 0 Å². The van der Waals surface area contributed by atoms with Gasteiger partial charge >= 0.3 is 5.97 Å². The number of anilines is 1. The van der Waals surface area contributed by atoms with Gasteiger partial charge in [-0.2, -0.15) is 0 Å². The fourth-order valence-corrected chi connectivity index (χ4v) is 4.18. The minimum Gasteiger partial charge on any atom is -0.477 e. The zero-order valence-electron chi connectivity index (χ0n) is 15.1. The quantitative estimate of drug-likeness (QED) is 0.795. The third-order valence-electron chi connectivity index (χ3n) is 5.36. The van der Waals surface area contributed by atoms with E-state index in [9.17, 15) is 14.7 Å². The van der Waals surface area contributed by atoms with E-state index >= 15 is 4.39 Å². The van der Waals surface area contributed by atoms with E-state index in [1.54, 1.807) is 4.57 Å². The lowest BCUT2D eigenvalue weighted by Crippen LogP contribution is -2.46. The molecule has 146 valence electrons. The molecule has 2 aliphatic rings. The second kappa shape index (κ2) is 7.12. The van der Waals surface area contributed by atoms with Gasteiger partial charge in [0, 0.05) is 38.4 Å². The van der Waals surface area contributed by atoms with Crippen molar-refractivity contribution < 1.29 is 14.3 Å². The highest BCUT2D eigenvalue weighted by Gasteiger charge is 2.30. The molecule has 1 aliphatic heterocycles. The predicted octanol–water partition coefficient (Wildman–Crippen LogP) is 2.58. The van der Waals surface area contributed by atoms with Crippen LogP contribution in [0.2, 0.25) is 5.02 Å². The summed E-state index contributed by atoms with van der Waals surface area (Å²) in [7, 11) is 0. The molecule has 2 heterocycles. The van der Waals surface area contributed by atoms with Crippen LogP contribution in [0, 0.1) is 18.2 Å². The number of pyridine rings is 1. The van der Waals surface area contributed by atoms with Gasteiger partial charge in [-0.3, -0.25) is 9.69 Å². The van der Waals surface area contributed by atoms with Gasteiger partial charge in [0.2, 0.25) is 5.43 Å². The van der Waals surface area contributed by atoms with Gasteiger partial charge in [-0.25, -0.2) is 9.18 Å². The summed E-state index contributed by atoms with van der Waals surface area (Å²) in [6, 6.07) is 1.20. The Labute approximate surface area is 166 Å². The number of terminal acetylenes is 1. The molecule has 2 fully saturated rings. The lowest BCUT2D eigenvalue weighted by atomic mass is 10.1. The SMILES string of the molecule is C#CCN1CCN(c2c(F)cc3c(=O)c(C(=O)O)cn(C4CC4)c3c2Cl)CC1. The van der Waals surface area contributed by atoms with Crippen molar-refractivity contribution in [3.05, 3.63) is 38.9 Å². The number of aromatic carboxylic acids is 1. The molecule has 1 N–H and O–H groups in total. The van der Waals surface area contributed by atoms with Gasteiger partial charge in [0.1, 0.15) is 11.4 Å². The molecule has 1 saturated carbocycles. The highest BCUT2D eigenvalue weighted by atomic mass is 35.5. The summed E-state index contributed by atoms with van der Waals surface area (Å²) in [4.78, 5) is 28.0. The summed E-state index contributed by atoms with van der Waals surface area (Å²) >= 11 is 6.62. The summed E-state index contributed by atoms with van der Waals surface area (Å²) in [6.07, 6.45) is 8.42. The van der Waals surface area contributed by atoms with Crippen molar-refractivity contribution in [2.24, 2.45) is 0 Å². The Morgan fingerprint density at radius 2 is 2.00 bits per heavy atom. The van der Waals surface area contributed by atoms with Crippen molar-refractivity contribution in [1.82, 2.24) is 9.47 Å². The number of carboxylic acid groups (broad SMARTS) is 1. The Morgan fingerprint density at radius 3 is 2.57 bits per heavy atom. The number of aromatic nitrogens is 1. The van der Waals surface area contributed by atoms with Crippen LogP contribution in [-0.2, 0) is 0 Å². The van der Waals surface area contributed by atoms with Gasteiger partial charge in [0.15, 0.2) is 0 Å². The minimum atomic E-state index is -1.33. The number of hydrogen-bond acceptors (Lipinski definition) is 4. The number of benzene rings is 1. The molecule has 0 amide bonds. The minimum absolute atomic E-state index is 0.00372. The van der Waals surface area contributed by atoms with Gasteiger partial charge in [-0.1, -0.05) is 17.5 Å². The normalized spacial score (nSPS) is 17.7.